The van der Waals surface area contributed by atoms with Gasteiger partial charge in [-0.15, -0.1) is 0 Å². The fourth-order valence-corrected chi connectivity index (χ4v) is 4.43. The third kappa shape index (κ3) is 6.77. The van der Waals surface area contributed by atoms with E-state index >= 15 is 0 Å². The summed E-state index contributed by atoms with van der Waals surface area (Å²) in [5.41, 5.74) is 0.825. The van der Waals surface area contributed by atoms with Crippen LogP contribution >= 0.6 is 0 Å². The summed E-state index contributed by atoms with van der Waals surface area (Å²) in [6.07, 6.45) is 6.34. The SMILES string of the molecule is CC(NC(=O)CC1CCCCC1)C(=O)NCC(c1cccc(F)c1)N1CCOCC1. The van der Waals surface area contributed by atoms with E-state index in [0.29, 0.717) is 32.1 Å². The Bertz CT molecular complexity index is 703. The number of nitrogens with zero attached hydrogens (tertiary/aromatic N) is 1. The molecule has 2 fully saturated rings. The van der Waals surface area contributed by atoms with Gasteiger partial charge in [0.1, 0.15) is 11.9 Å². The minimum absolute atomic E-state index is 0.0561. The number of morpholine rings is 1. The minimum Gasteiger partial charge on any atom is -0.379 e. The van der Waals surface area contributed by atoms with Crippen molar-refractivity contribution in [1.29, 1.82) is 0 Å². The topological polar surface area (TPSA) is 70.7 Å². The molecule has 0 bridgehead atoms. The number of halogens is 1. The van der Waals surface area contributed by atoms with Crippen molar-refractivity contribution in [2.75, 3.05) is 32.8 Å². The lowest BCUT2D eigenvalue weighted by Crippen LogP contribution is -2.49. The molecule has 2 aliphatic rings. The van der Waals surface area contributed by atoms with Crippen LogP contribution in [0.15, 0.2) is 24.3 Å². The molecule has 2 atom stereocenters. The van der Waals surface area contributed by atoms with Crippen molar-refractivity contribution in [3.05, 3.63) is 35.6 Å². The summed E-state index contributed by atoms with van der Waals surface area (Å²) in [7, 11) is 0. The van der Waals surface area contributed by atoms with Gasteiger partial charge in [0.15, 0.2) is 0 Å². The molecule has 1 aliphatic carbocycles. The van der Waals surface area contributed by atoms with Gasteiger partial charge in [-0.3, -0.25) is 14.5 Å². The number of benzene rings is 1. The Morgan fingerprint density at radius 2 is 1.93 bits per heavy atom. The molecule has 6 nitrogen and oxygen atoms in total. The maximum atomic E-state index is 13.8. The molecule has 1 aromatic carbocycles. The first-order valence-corrected chi connectivity index (χ1v) is 11.2. The lowest BCUT2D eigenvalue weighted by molar-refractivity contribution is -0.129. The lowest BCUT2D eigenvalue weighted by Gasteiger charge is -2.35. The van der Waals surface area contributed by atoms with E-state index in [2.05, 4.69) is 15.5 Å². The molecule has 1 saturated carbocycles. The number of rotatable bonds is 8. The summed E-state index contributed by atoms with van der Waals surface area (Å²) >= 11 is 0. The van der Waals surface area contributed by atoms with Gasteiger partial charge in [-0.1, -0.05) is 31.4 Å². The Morgan fingerprint density at radius 1 is 1.20 bits per heavy atom. The van der Waals surface area contributed by atoms with Crippen molar-refractivity contribution in [2.45, 2.75) is 57.5 Å². The van der Waals surface area contributed by atoms with E-state index in [1.165, 1.54) is 31.4 Å². The fraction of sp³-hybridized carbons (Fsp3) is 0.652. The minimum atomic E-state index is -0.598. The van der Waals surface area contributed by atoms with Crippen LogP contribution in [0.3, 0.4) is 0 Å². The van der Waals surface area contributed by atoms with Gasteiger partial charge in [-0.2, -0.15) is 0 Å². The standard InChI is InChI=1S/C23H34FN3O3/c1-17(26-22(28)14-18-6-3-2-4-7-18)23(29)25-16-21(27-10-12-30-13-11-27)19-8-5-9-20(24)15-19/h5,8-9,15,17-18,21H,2-4,6-7,10-14,16H2,1H3,(H,25,29)(H,26,28). The van der Waals surface area contributed by atoms with Gasteiger partial charge >= 0.3 is 0 Å². The van der Waals surface area contributed by atoms with E-state index < -0.39 is 6.04 Å². The highest BCUT2D eigenvalue weighted by atomic mass is 19.1. The van der Waals surface area contributed by atoms with Crippen LogP contribution in [0, 0.1) is 11.7 Å². The second kappa shape index (κ2) is 11.4. The molecule has 0 spiro atoms. The number of carbonyl (C=O) groups excluding carboxylic acids is 2. The first-order chi connectivity index (χ1) is 14.5. The summed E-state index contributed by atoms with van der Waals surface area (Å²) < 4.78 is 19.2. The summed E-state index contributed by atoms with van der Waals surface area (Å²) in [6.45, 7) is 4.75. The Morgan fingerprint density at radius 3 is 2.63 bits per heavy atom. The van der Waals surface area contributed by atoms with E-state index in [-0.39, 0.29) is 23.7 Å². The zero-order chi connectivity index (χ0) is 21.3. The molecule has 0 radical (unpaired) electrons. The van der Waals surface area contributed by atoms with Crippen molar-refractivity contribution < 1.29 is 18.7 Å². The average Bonchev–Trinajstić information content (AvgIpc) is 2.75. The maximum Gasteiger partial charge on any atom is 0.242 e. The third-order valence-electron chi connectivity index (χ3n) is 6.16. The van der Waals surface area contributed by atoms with Gasteiger partial charge in [-0.25, -0.2) is 4.39 Å². The molecule has 166 valence electrons. The molecule has 2 N–H and O–H groups in total. The van der Waals surface area contributed by atoms with Crippen molar-refractivity contribution >= 4 is 11.8 Å². The molecule has 0 aromatic heterocycles. The highest BCUT2D eigenvalue weighted by Crippen LogP contribution is 2.26. The molecule has 1 aliphatic heterocycles. The first-order valence-electron chi connectivity index (χ1n) is 11.2. The molecular weight excluding hydrogens is 385 g/mol. The maximum absolute atomic E-state index is 13.8. The molecule has 1 heterocycles. The van der Waals surface area contributed by atoms with E-state index in [0.717, 1.165) is 31.5 Å². The van der Waals surface area contributed by atoms with Gasteiger partial charge in [0.05, 0.1) is 19.3 Å². The predicted molar refractivity (Wildman–Crippen MR) is 113 cm³/mol. The quantitative estimate of drug-likeness (QED) is 0.680. The first kappa shape index (κ1) is 22.7. The van der Waals surface area contributed by atoms with Gasteiger partial charge in [0, 0.05) is 26.1 Å². The Balaban J connectivity index is 1.53. The van der Waals surface area contributed by atoms with Crippen LogP contribution in [-0.4, -0.2) is 55.6 Å². The molecule has 3 rings (SSSR count). The van der Waals surface area contributed by atoms with Crippen LogP contribution in [0.25, 0.3) is 0 Å². The number of carbonyl (C=O) groups is 2. The van der Waals surface area contributed by atoms with Crippen LogP contribution in [0.5, 0.6) is 0 Å². The van der Waals surface area contributed by atoms with Gasteiger partial charge < -0.3 is 15.4 Å². The number of nitrogens with one attached hydrogen (secondary N) is 2. The predicted octanol–water partition coefficient (Wildman–Crippen LogP) is 2.79. The average molecular weight is 420 g/mol. The van der Waals surface area contributed by atoms with E-state index in [1.54, 1.807) is 13.0 Å². The van der Waals surface area contributed by atoms with E-state index in [4.69, 9.17) is 4.74 Å². The van der Waals surface area contributed by atoms with Gasteiger partial charge in [-0.05, 0) is 43.4 Å². The molecule has 30 heavy (non-hydrogen) atoms. The summed E-state index contributed by atoms with van der Waals surface area (Å²) in [4.78, 5) is 27.1. The smallest absolute Gasteiger partial charge is 0.242 e. The zero-order valence-electron chi connectivity index (χ0n) is 17.9. The number of amides is 2. The fourth-order valence-electron chi connectivity index (χ4n) is 4.43. The van der Waals surface area contributed by atoms with Crippen molar-refractivity contribution in [3.63, 3.8) is 0 Å². The van der Waals surface area contributed by atoms with Crippen LogP contribution in [0.2, 0.25) is 0 Å². The highest BCUT2D eigenvalue weighted by Gasteiger charge is 2.25. The molecule has 2 amide bonds. The molecular formula is C23H34FN3O3. The van der Waals surface area contributed by atoms with Crippen LogP contribution in [-0.2, 0) is 14.3 Å². The van der Waals surface area contributed by atoms with Crippen LogP contribution in [0.1, 0.15) is 57.1 Å². The number of ether oxygens (including phenoxy) is 1. The van der Waals surface area contributed by atoms with Gasteiger partial charge in [0.2, 0.25) is 11.8 Å². The van der Waals surface area contributed by atoms with Crippen LogP contribution < -0.4 is 10.6 Å². The summed E-state index contributed by atoms with van der Waals surface area (Å²) in [5, 5.41) is 5.78. The lowest BCUT2D eigenvalue weighted by atomic mass is 9.87. The van der Waals surface area contributed by atoms with Gasteiger partial charge in [0.25, 0.3) is 0 Å². The van der Waals surface area contributed by atoms with Crippen molar-refractivity contribution in [2.24, 2.45) is 5.92 Å². The van der Waals surface area contributed by atoms with Crippen molar-refractivity contribution in [1.82, 2.24) is 15.5 Å². The number of hydrogen-bond acceptors (Lipinski definition) is 4. The summed E-state index contributed by atoms with van der Waals surface area (Å²) in [5.74, 6) is -0.130. The Labute approximate surface area is 178 Å². The normalized spacial score (nSPS) is 20.3. The summed E-state index contributed by atoms with van der Waals surface area (Å²) in [6, 6.07) is 5.76. The molecule has 7 heteroatoms. The second-order valence-corrected chi connectivity index (χ2v) is 8.46. The molecule has 1 saturated heterocycles. The van der Waals surface area contributed by atoms with Crippen molar-refractivity contribution in [3.8, 4) is 0 Å². The monoisotopic (exact) mass is 419 g/mol. The highest BCUT2D eigenvalue weighted by molar-refractivity contribution is 5.87. The zero-order valence-corrected chi connectivity index (χ0v) is 17.9. The number of hydrogen-bond donors (Lipinski definition) is 2. The largest absolute Gasteiger partial charge is 0.379 e. The molecule has 1 aromatic rings. The third-order valence-corrected chi connectivity index (χ3v) is 6.16. The Kier molecular flexibility index (Phi) is 8.63. The van der Waals surface area contributed by atoms with Crippen LogP contribution in [0.4, 0.5) is 4.39 Å². The Hall–Kier alpha value is -1.99. The molecule has 2 unspecified atom stereocenters. The van der Waals surface area contributed by atoms with E-state index in [1.807, 2.05) is 6.07 Å². The van der Waals surface area contributed by atoms with E-state index in [9.17, 15) is 14.0 Å². The second-order valence-electron chi connectivity index (χ2n) is 8.46.